The molecule has 0 radical (unpaired) electrons. The van der Waals surface area contributed by atoms with E-state index in [0.717, 1.165) is 44.7 Å². The number of carboxylic acids is 1. The van der Waals surface area contributed by atoms with E-state index in [4.69, 9.17) is 14.6 Å². The van der Waals surface area contributed by atoms with Crippen molar-refractivity contribution in [3.8, 4) is 28.1 Å². The molecule has 3 heterocycles. The van der Waals surface area contributed by atoms with Crippen LogP contribution in [0, 0.1) is 0 Å². The maximum absolute atomic E-state index is 10.6. The monoisotopic (exact) mass is 493 g/mol. The van der Waals surface area contributed by atoms with Gasteiger partial charge in [0.25, 0.3) is 0 Å². The number of fused-ring (bicyclic) bond motifs is 2. The second-order valence-electron chi connectivity index (χ2n) is 8.19. The molecule has 0 saturated carbocycles. The maximum Gasteiger partial charge on any atom is 0.490 e. The minimum Gasteiger partial charge on any atom is -0.491 e. The maximum atomic E-state index is 10.6. The molecule has 0 amide bonds. The Labute approximate surface area is 204 Å². The van der Waals surface area contributed by atoms with Gasteiger partial charge < -0.3 is 9.84 Å². The van der Waals surface area contributed by atoms with Crippen LogP contribution in [0.1, 0.15) is 13.8 Å². The molecular weight excluding hydrogens is 471 g/mol. The van der Waals surface area contributed by atoms with Gasteiger partial charge in [0.05, 0.1) is 23.5 Å². The fourth-order valence-electron chi connectivity index (χ4n) is 3.61. The third kappa shape index (κ3) is 5.63. The summed E-state index contributed by atoms with van der Waals surface area (Å²) < 4.78 is 39.6. The molecule has 0 saturated heterocycles. The van der Waals surface area contributed by atoms with Crippen LogP contribution in [-0.2, 0) is 4.79 Å². The number of benzene rings is 2. The van der Waals surface area contributed by atoms with Gasteiger partial charge in [0, 0.05) is 23.3 Å². The molecule has 0 atom stereocenters. The summed E-state index contributed by atoms with van der Waals surface area (Å²) in [6.45, 7) is 4.06. The molecule has 9 heteroatoms. The van der Waals surface area contributed by atoms with E-state index in [-0.39, 0.29) is 6.10 Å². The number of carboxylic acid groups (broad SMARTS) is 1. The predicted octanol–water partition coefficient (Wildman–Crippen LogP) is 6.64. The summed E-state index contributed by atoms with van der Waals surface area (Å²) in [5, 5.41) is 8.25. The minimum absolute atomic E-state index is 0.173. The molecule has 5 aromatic rings. The van der Waals surface area contributed by atoms with Crippen molar-refractivity contribution in [3.05, 3.63) is 85.3 Å². The Morgan fingerprint density at radius 2 is 1.64 bits per heavy atom. The van der Waals surface area contributed by atoms with Crippen LogP contribution in [0.25, 0.3) is 38.9 Å². The Balaban J connectivity index is 0.000000384. The quantitative estimate of drug-likeness (QED) is 0.304. The van der Waals surface area contributed by atoms with Crippen molar-refractivity contribution in [2.24, 2.45) is 0 Å². The van der Waals surface area contributed by atoms with Gasteiger partial charge in [0.2, 0.25) is 0 Å². The molecule has 0 fully saturated rings. The van der Waals surface area contributed by atoms with Crippen LogP contribution in [0.5, 0.6) is 5.75 Å². The number of alkyl halides is 3. The first-order chi connectivity index (χ1) is 17.1. The lowest BCUT2D eigenvalue weighted by Gasteiger charge is -2.10. The van der Waals surface area contributed by atoms with E-state index in [9.17, 15) is 13.2 Å². The molecule has 0 bridgehead atoms. The van der Waals surface area contributed by atoms with Crippen LogP contribution in [0.4, 0.5) is 13.2 Å². The van der Waals surface area contributed by atoms with E-state index in [0.29, 0.717) is 0 Å². The lowest BCUT2D eigenvalue weighted by Crippen LogP contribution is -2.21. The molecule has 1 N–H and O–H groups in total. The highest BCUT2D eigenvalue weighted by atomic mass is 19.4. The average Bonchev–Trinajstić information content (AvgIpc) is 3.27. The smallest absolute Gasteiger partial charge is 0.490 e. The van der Waals surface area contributed by atoms with Crippen LogP contribution < -0.4 is 4.74 Å². The Kier molecular flexibility index (Phi) is 6.91. The van der Waals surface area contributed by atoms with Crippen LogP contribution in [0.15, 0.2) is 85.3 Å². The number of rotatable bonds is 4. The van der Waals surface area contributed by atoms with E-state index in [2.05, 4.69) is 69.1 Å². The zero-order chi connectivity index (χ0) is 25.9. The van der Waals surface area contributed by atoms with E-state index >= 15 is 0 Å². The number of pyridine rings is 2. The number of nitrogens with zero attached hydrogens (tertiary/aromatic N) is 3. The molecule has 0 aliphatic carbocycles. The molecule has 2 aromatic carbocycles. The number of carbonyl (C=O) groups is 1. The van der Waals surface area contributed by atoms with Gasteiger partial charge in [-0.3, -0.25) is 9.38 Å². The zero-order valence-corrected chi connectivity index (χ0v) is 19.4. The second kappa shape index (κ2) is 10.1. The first-order valence-electron chi connectivity index (χ1n) is 11.0. The molecular formula is C27H22F3N3O3. The summed E-state index contributed by atoms with van der Waals surface area (Å²) in [5.41, 5.74) is 6.39. The highest BCUT2D eigenvalue weighted by Crippen LogP contribution is 2.28. The van der Waals surface area contributed by atoms with E-state index in [1.165, 1.54) is 0 Å². The Hall–Kier alpha value is -4.40. The largest absolute Gasteiger partial charge is 0.491 e. The Morgan fingerprint density at radius 3 is 2.31 bits per heavy atom. The Bertz CT molecular complexity index is 1510. The van der Waals surface area contributed by atoms with Gasteiger partial charge in [-0.2, -0.15) is 13.2 Å². The SMILES string of the molecule is CC(C)Oc1ccc(-c2ccn3c(-c4ccc5ncccc5c4)cnc3c2)cc1.O=C(O)C(F)(F)F. The number of hydrogen-bond donors (Lipinski definition) is 1. The number of aromatic nitrogens is 3. The van der Waals surface area contributed by atoms with Crippen molar-refractivity contribution in [2.45, 2.75) is 26.1 Å². The van der Waals surface area contributed by atoms with Crippen molar-refractivity contribution < 1.29 is 27.8 Å². The third-order valence-electron chi connectivity index (χ3n) is 5.21. The number of ether oxygens (including phenoxy) is 1. The number of halogens is 3. The van der Waals surface area contributed by atoms with Crippen molar-refractivity contribution >= 4 is 22.5 Å². The van der Waals surface area contributed by atoms with Gasteiger partial charge in [-0.05, 0) is 67.4 Å². The molecule has 36 heavy (non-hydrogen) atoms. The van der Waals surface area contributed by atoms with Gasteiger partial charge in [-0.1, -0.05) is 24.3 Å². The molecule has 184 valence electrons. The van der Waals surface area contributed by atoms with E-state index < -0.39 is 12.1 Å². The van der Waals surface area contributed by atoms with E-state index in [1.54, 1.807) is 0 Å². The van der Waals surface area contributed by atoms with Crippen LogP contribution in [0.2, 0.25) is 0 Å². The normalized spacial score (nSPS) is 11.4. The zero-order valence-electron chi connectivity index (χ0n) is 19.4. The topological polar surface area (TPSA) is 76.7 Å². The molecule has 6 nitrogen and oxygen atoms in total. The molecule has 0 aliphatic heterocycles. The van der Waals surface area contributed by atoms with Crippen molar-refractivity contribution in [1.29, 1.82) is 0 Å². The standard InChI is InChI=1S/C25H21N3O.C2HF3O2/c1-17(2)29-22-8-5-18(6-9-22)19-11-13-28-24(16-27-25(28)15-19)21-7-10-23-20(14-21)4-3-12-26-23;3-2(4,5)1(6)7/h3-17H,1-2H3;(H,6,7). The highest BCUT2D eigenvalue weighted by molar-refractivity contribution is 5.84. The first-order valence-corrected chi connectivity index (χ1v) is 11.0. The van der Waals surface area contributed by atoms with Crippen molar-refractivity contribution in [1.82, 2.24) is 14.4 Å². The summed E-state index contributed by atoms with van der Waals surface area (Å²) in [6, 6.07) is 22.8. The summed E-state index contributed by atoms with van der Waals surface area (Å²) in [7, 11) is 0. The molecule has 5 rings (SSSR count). The van der Waals surface area contributed by atoms with Gasteiger partial charge in [-0.25, -0.2) is 9.78 Å². The lowest BCUT2D eigenvalue weighted by atomic mass is 10.1. The predicted molar refractivity (Wildman–Crippen MR) is 131 cm³/mol. The van der Waals surface area contributed by atoms with Crippen LogP contribution >= 0.6 is 0 Å². The van der Waals surface area contributed by atoms with Gasteiger partial charge in [0.1, 0.15) is 11.4 Å². The third-order valence-corrected chi connectivity index (χ3v) is 5.21. The van der Waals surface area contributed by atoms with Crippen LogP contribution in [-0.4, -0.2) is 37.7 Å². The molecule has 0 unspecified atom stereocenters. The number of imidazole rings is 1. The van der Waals surface area contributed by atoms with Gasteiger partial charge >= 0.3 is 12.1 Å². The van der Waals surface area contributed by atoms with Crippen LogP contribution in [0.3, 0.4) is 0 Å². The fraction of sp³-hybridized carbons (Fsp3) is 0.148. The highest BCUT2D eigenvalue weighted by Gasteiger charge is 2.38. The van der Waals surface area contributed by atoms with Gasteiger partial charge in [0.15, 0.2) is 0 Å². The minimum atomic E-state index is -5.08. The second-order valence-corrected chi connectivity index (χ2v) is 8.19. The summed E-state index contributed by atoms with van der Waals surface area (Å²) in [6.07, 6.45) is 0.917. The Morgan fingerprint density at radius 1 is 0.944 bits per heavy atom. The first kappa shape index (κ1) is 24.7. The van der Waals surface area contributed by atoms with Crippen molar-refractivity contribution in [2.75, 3.05) is 0 Å². The number of aliphatic carboxylic acids is 1. The molecule has 0 aliphatic rings. The van der Waals surface area contributed by atoms with Crippen molar-refractivity contribution in [3.63, 3.8) is 0 Å². The van der Waals surface area contributed by atoms with E-state index in [1.807, 2.05) is 44.4 Å². The molecule has 3 aromatic heterocycles. The fourth-order valence-corrected chi connectivity index (χ4v) is 3.61. The molecule has 0 spiro atoms. The number of hydrogen-bond acceptors (Lipinski definition) is 4. The summed E-state index contributed by atoms with van der Waals surface area (Å²) >= 11 is 0. The van der Waals surface area contributed by atoms with Gasteiger partial charge in [-0.15, -0.1) is 0 Å². The summed E-state index contributed by atoms with van der Waals surface area (Å²) in [5.74, 6) is -1.87. The summed E-state index contributed by atoms with van der Waals surface area (Å²) in [4.78, 5) is 17.9. The average molecular weight is 493 g/mol. The lowest BCUT2D eigenvalue weighted by molar-refractivity contribution is -0.192.